The number of carbonyl (C=O) groups is 1. The van der Waals surface area contributed by atoms with Gasteiger partial charge in [0.25, 0.3) is 0 Å². The molecule has 1 aromatic carbocycles. The fourth-order valence-electron chi connectivity index (χ4n) is 1.36. The van der Waals surface area contributed by atoms with Crippen molar-refractivity contribution in [2.45, 2.75) is 6.10 Å². The highest BCUT2D eigenvalue weighted by Gasteiger charge is 2.12. The highest BCUT2D eigenvalue weighted by Crippen LogP contribution is 2.16. The van der Waals surface area contributed by atoms with Gasteiger partial charge in [0.05, 0.1) is 25.4 Å². The number of aromatic carboxylic acids is 1. The number of aliphatic hydroxyl groups is 1. The lowest BCUT2D eigenvalue weighted by molar-refractivity contribution is -0.00423. The Kier molecular flexibility index (Phi) is 6.92. The van der Waals surface area contributed by atoms with Gasteiger partial charge in [0.2, 0.25) is 0 Å². The van der Waals surface area contributed by atoms with E-state index < -0.39 is 23.5 Å². The van der Waals surface area contributed by atoms with Crippen molar-refractivity contribution in [3.63, 3.8) is 0 Å². The summed E-state index contributed by atoms with van der Waals surface area (Å²) >= 11 is 0. The summed E-state index contributed by atoms with van der Waals surface area (Å²) in [6.07, 6.45) is -0.867. The zero-order valence-corrected chi connectivity index (χ0v) is 11.0. The third-order valence-electron chi connectivity index (χ3n) is 2.36. The number of aliphatic hydroxyl groups excluding tert-OH is 1. The summed E-state index contributed by atoms with van der Waals surface area (Å²) < 4.78 is 28.4. The van der Waals surface area contributed by atoms with E-state index >= 15 is 0 Å². The molecule has 0 aliphatic rings. The Balaban J connectivity index is 2.38. The molecule has 0 spiro atoms. The normalized spacial score (nSPS) is 12.2. The number of rotatable bonds is 9. The first-order valence-electron chi connectivity index (χ1n) is 5.95. The number of hydrogen-bond acceptors (Lipinski definition) is 5. The van der Waals surface area contributed by atoms with Gasteiger partial charge in [-0.25, -0.2) is 9.18 Å². The fraction of sp³-hybridized carbons (Fsp3) is 0.462. The third-order valence-corrected chi connectivity index (χ3v) is 2.36. The second kappa shape index (κ2) is 8.47. The van der Waals surface area contributed by atoms with Crippen molar-refractivity contribution in [1.29, 1.82) is 0 Å². The van der Waals surface area contributed by atoms with E-state index in [-0.39, 0.29) is 19.0 Å². The van der Waals surface area contributed by atoms with Gasteiger partial charge in [0, 0.05) is 13.2 Å². The van der Waals surface area contributed by atoms with Gasteiger partial charge in [0.15, 0.2) is 0 Å². The summed E-state index contributed by atoms with van der Waals surface area (Å²) in [4.78, 5) is 10.6. The number of ether oxygens (including phenoxy) is 3. The molecule has 0 aliphatic carbocycles. The molecule has 0 aromatic heterocycles. The summed E-state index contributed by atoms with van der Waals surface area (Å²) in [5, 5.41) is 18.2. The molecule has 0 fully saturated rings. The molecule has 112 valence electrons. The summed E-state index contributed by atoms with van der Waals surface area (Å²) in [5.41, 5.74) is -0.430. The van der Waals surface area contributed by atoms with Crippen LogP contribution in [0.15, 0.2) is 18.2 Å². The van der Waals surface area contributed by atoms with E-state index in [1.54, 1.807) is 0 Å². The highest BCUT2D eigenvalue weighted by molar-refractivity contribution is 5.88. The van der Waals surface area contributed by atoms with Crippen LogP contribution in [0.2, 0.25) is 0 Å². The van der Waals surface area contributed by atoms with Crippen LogP contribution in [0, 0.1) is 5.82 Å². The zero-order valence-electron chi connectivity index (χ0n) is 11.0. The molecule has 0 heterocycles. The van der Waals surface area contributed by atoms with Crippen LogP contribution in [0.1, 0.15) is 10.4 Å². The molecule has 0 bridgehead atoms. The number of carboxylic acids is 1. The van der Waals surface area contributed by atoms with Gasteiger partial charge in [-0.3, -0.25) is 0 Å². The zero-order chi connectivity index (χ0) is 15.0. The minimum atomic E-state index is -1.35. The van der Waals surface area contributed by atoms with Crippen molar-refractivity contribution < 1.29 is 33.6 Å². The van der Waals surface area contributed by atoms with Crippen LogP contribution in [-0.2, 0) is 9.47 Å². The van der Waals surface area contributed by atoms with E-state index in [9.17, 15) is 14.3 Å². The van der Waals surface area contributed by atoms with Gasteiger partial charge in [-0.15, -0.1) is 0 Å². The molecule has 1 aromatic rings. The summed E-state index contributed by atoms with van der Waals surface area (Å²) in [5.74, 6) is -2.09. The molecule has 0 saturated carbocycles. The minimum Gasteiger partial charge on any atom is -0.491 e. The molecule has 1 unspecified atom stereocenters. The quantitative estimate of drug-likeness (QED) is 0.657. The van der Waals surface area contributed by atoms with E-state index in [1.165, 1.54) is 13.2 Å². The number of methoxy groups -OCH3 is 1. The Morgan fingerprint density at radius 1 is 1.35 bits per heavy atom. The van der Waals surface area contributed by atoms with Crippen molar-refractivity contribution in [2.75, 3.05) is 33.5 Å². The Labute approximate surface area is 115 Å². The van der Waals surface area contributed by atoms with Crippen molar-refractivity contribution >= 4 is 5.97 Å². The maximum atomic E-state index is 13.4. The van der Waals surface area contributed by atoms with Crippen LogP contribution in [0.5, 0.6) is 5.75 Å². The van der Waals surface area contributed by atoms with E-state index in [0.29, 0.717) is 13.2 Å². The lowest BCUT2D eigenvalue weighted by Gasteiger charge is -2.13. The number of hydrogen-bond donors (Lipinski definition) is 2. The first-order valence-corrected chi connectivity index (χ1v) is 5.95. The number of halogens is 1. The van der Waals surface area contributed by atoms with Crippen LogP contribution in [0.25, 0.3) is 0 Å². The minimum absolute atomic E-state index is 0.0685. The van der Waals surface area contributed by atoms with E-state index in [0.717, 1.165) is 12.1 Å². The van der Waals surface area contributed by atoms with E-state index in [2.05, 4.69) is 0 Å². The summed E-state index contributed by atoms with van der Waals surface area (Å²) in [7, 11) is 1.54. The van der Waals surface area contributed by atoms with Crippen LogP contribution in [-0.4, -0.2) is 55.8 Å². The van der Waals surface area contributed by atoms with Gasteiger partial charge in [-0.05, 0) is 12.1 Å². The average molecular weight is 288 g/mol. The van der Waals surface area contributed by atoms with Crippen LogP contribution >= 0.6 is 0 Å². The lowest BCUT2D eigenvalue weighted by Crippen LogP contribution is -2.24. The van der Waals surface area contributed by atoms with Gasteiger partial charge in [-0.1, -0.05) is 0 Å². The second-order valence-electron chi connectivity index (χ2n) is 3.98. The molecule has 0 saturated heterocycles. The molecule has 0 radical (unpaired) electrons. The Morgan fingerprint density at radius 2 is 2.10 bits per heavy atom. The summed E-state index contributed by atoms with van der Waals surface area (Å²) in [6, 6.07) is 3.39. The third kappa shape index (κ3) is 5.52. The Hall–Kier alpha value is -1.70. The van der Waals surface area contributed by atoms with Crippen molar-refractivity contribution in [3.8, 4) is 5.75 Å². The van der Waals surface area contributed by atoms with Gasteiger partial charge >= 0.3 is 5.97 Å². The molecular weight excluding hydrogens is 271 g/mol. The van der Waals surface area contributed by atoms with Gasteiger partial charge < -0.3 is 24.4 Å². The van der Waals surface area contributed by atoms with E-state index in [4.69, 9.17) is 19.3 Å². The van der Waals surface area contributed by atoms with Gasteiger partial charge in [0.1, 0.15) is 24.3 Å². The molecular formula is C13H17FO6. The standard InChI is InChI=1S/C13H17FO6/c1-18-4-5-19-7-9(15)8-20-10-2-3-11(13(16)17)12(14)6-10/h2-3,6,9,15H,4-5,7-8H2,1H3,(H,16,17). The Morgan fingerprint density at radius 3 is 2.70 bits per heavy atom. The lowest BCUT2D eigenvalue weighted by atomic mass is 10.2. The molecule has 0 aliphatic heterocycles. The fourth-order valence-corrected chi connectivity index (χ4v) is 1.36. The van der Waals surface area contributed by atoms with Crippen LogP contribution in [0.3, 0.4) is 0 Å². The maximum absolute atomic E-state index is 13.4. The average Bonchev–Trinajstić information content (AvgIpc) is 2.41. The molecule has 7 heteroatoms. The summed E-state index contributed by atoms with van der Waals surface area (Å²) in [6.45, 7) is 0.767. The largest absolute Gasteiger partial charge is 0.491 e. The molecule has 1 rings (SSSR count). The van der Waals surface area contributed by atoms with Crippen molar-refractivity contribution in [1.82, 2.24) is 0 Å². The predicted molar refractivity (Wildman–Crippen MR) is 67.6 cm³/mol. The smallest absolute Gasteiger partial charge is 0.338 e. The van der Waals surface area contributed by atoms with Crippen LogP contribution in [0.4, 0.5) is 4.39 Å². The first kappa shape index (κ1) is 16.4. The van der Waals surface area contributed by atoms with Crippen LogP contribution < -0.4 is 4.74 Å². The molecule has 0 amide bonds. The number of carboxylic acid groups (broad SMARTS) is 1. The molecule has 6 nitrogen and oxygen atoms in total. The van der Waals surface area contributed by atoms with Crippen molar-refractivity contribution in [2.24, 2.45) is 0 Å². The van der Waals surface area contributed by atoms with Gasteiger partial charge in [-0.2, -0.15) is 0 Å². The first-order chi connectivity index (χ1) is 9.54. The predicted octanol–water partition coefficient (Wildman–Crippen LogP) is 0.927. The maximum Gasteiger partial charge on any atom is 0.338 e. The van der Waals surface area contributed by atoms with E-state index in [1.807, 2.05) is 0 Å². The number of benzene rings is 1. The second-order valence-corrected chi connectivity index (χ2v) is 3.98. The SMILES string of the molecule is COCCOCC(O)COc1ccc(C(=O)O)c(F)c1. The molecule has 20 heavy (non-hydrogen) atoms. The Bertz CT molecular complexity index is 437. The topological polar surface area (TPSA) is 85.2 Å². The molecule has 1 atom stereocenters. The molecule has 2 N–H and O–H groups in total. The van der Waals surface area contributed by atoms with Crippen molar-refractivity contribution in [3.05, 3.63) is 29.6 Å². The highest BCUT2D eigenvalue weighted by atomic mass is 19.1. The monoisotopic (exact) mass is 288 g/mol.